The van der Waals surface area contributed by atoms with E-state index < -0.39 is 0 Å². The first-order valence-electron chi connectivity index (χ1n) is 11.9. The highest BCUT2D eigenvalue weighted by Gasteiger charge is 2.04. The van der Waals surface area contributed by atoms with Gasteiger partial charge >= 0.3 is 0 Å². The van der Waals surface area contributed by atoms with Crippen LogP contribution in [-0.2, 0) is 47.6 Å². The summed E-state index contributed by atoms with van der Waals surface area (Å²) in [6.07, 6.45) is 2.14. The highest BCUT2D eigenvalue weighted by Crippen LogP contribution is 1.94. The van der Waals surface area contributed by atoms with Crippen LogP contribution in [-0.4, -0.2) is 116 Å². The first-order valence-corrected chi connectivity index (χ1v) is 11.9. The summed E-state index contributed by atoms with van der Waals surface area (Å²) in [5.74, 6) is -0.306. The lowest BCUT2D eigenvalue weighted by Crippen LogP contribution is -2.31. The van der Waals surface area contributed by atoms with E-state index in [9.17, 15) is 19.2 Å². The topological polar surface area (TPSA) is 148 Å². The number of rotatable bonds is 26. The summed E-state index contributed by atoms with van der Waals surface area (Å²) in [5, 5.41) is 5.12. The number of amides is 2. The Balaban J connectivity index is 3.30. The van der Waals surface area contributed by atoms with Gasteiger partial charge < -0.3 is 43.8 Å². The molecule has 0 atom stereocenters. The Hall–Kier alpha value is -1.96. The van der Waals surface area contributed by atoms with Crippen molar-refractivity contribution in [1.82, 2.24) is 10.6 Å². The van der Waals surface area contributed by atoms with Gasteiger partial charge in [-0.15, -0.1) is 0 Å². The molecule has 35 heavy (non-hydrogen) atoms. The Morgan fingerprint density at radius 3 is 1.63 bits per heavy atom. The van der Waals surface area contributed by atoms with E-state index in [1.165, 1.54) is 0 Å². The third kappa shape index (κ3) is 26.5. The maximum Gasteiger partial charge on any atom is 0.246 e. The van der Waals surface area contributed by atoms with Crippen LogP contribution in [0.15, 0.2) is 0 Å². The predicted octanol–water partition coefficient (Wildman–Crippen LogP) is -0.333. The van der Waals surface area contributed by atoms with Crippen molar-refractivity contribution in [3.05, 3.63) is 0 Å². The molecular formula is C23H42N2O10. The van der Waals surface area contributed by atoms with Gasteiger partial charge in [-0.05, 0) is 19.8 Å². The second-order valence-corrected chi connectivity index (χ2v) is 7.47. The van der Waals surface area contributed by atoms with Gasteiger partial charge in [-0.3, -0.25) is 14.4 Å². The van der Waals surface area contributed by atoms with Crippen LogP contribution in [0.1, 0.15) is 32.6 Å². The standard InChI is InChI=1S/C23H42N2O10/c1-20(26)5-3-8-30-12-16-35-19-23(29)25-7-10-32-13-14-33-17-21(27)6-4-9-31-11-15-34-18-22(28)24-2/h3-19H2,1-2H3,(H,24,28)(H,25,29). The molecule has 0 unspecified atom stereocenters. The highest BCUT2D eigenvalue weighted by molar-refractivity contribution is 5.79. The maximum absolute atomic E-state index is 11.7. The molecule has 0 aromatic heterocycles. The quantitative estimate of drug-likeness (QED) is 0.149. The monoisotopic (exact) mass is 506 g/mol. The van der Waals surface area contributed by atoms with E-state index in [4.69, 9.17) is 28.4 Å². The summed E-state index contributed by atoms with van der Waals surface area (Å²) in [4.78, 5) is 45.0. The molecule has 0 aliphatic rings. The number of nitrogens with one attached hydrogen (secondary N) is 2. The van der Waals surface area contributed by atoms with Crippen molar-refractivity contribution in [1.29, 1.82) is 0 Å². The van der Waals surface area contributed by atoms with Crippen molar-refractivity contribution in [3.8, 4) is 0 Å². The van der Waals surface area contributed by atoms with E-state index in [-0.39, 0.29) is 49.8 Å². The van der Waals surface area contributed by atoms with Gasteiger partial charge in [-0.25, -0.2) is 0 Å². The molecule has 204 valence electrons. The molecule has 0 spiro atoms. The van der Waals surface area contributed by atoms with E-state index >= 15 is 0 Å². The first-order chi connectivity index (χ1) is 17.0. The van der Waals surface area contributed by atoms with Crippen LogP contribution in [0, 0.1) is 0 Å². The Kier molecular flexibility index (Phi) is 23.7. The molecule has 0 radical (unpaired) electrons. The Morgan fingerprint density at radius 2 is 1.06 bits per heavy atom. The fourth-order valence-corrected chi connectivity index (χ4v) is 2.43. The lowest BCUT2D eigenvalue weighted by atomic mass is 10.2. The summed E-state index contributed by atoms with van der Waals surface area (Å²) in [6.45, 7) is 5.10. The van der Waals surface area contributed by atoms with Crippen LogP contribution in [0.3, 0.4) is 0 Å². The van der Waals surface area contributed by atoms with Crippen molar-refractivity contribution in [3.63, 3.8) is 0 Å². The van der Waals surface area contributed by atoms with Crippen molar-refractivity contribution in [2.75, 3.05) is 92.9 Å². The Bertz CT molecular complexity index is 575. The number of ketones is 2. The molecule has 2 N–H and O–H groups in total. The zero-order valence-electron chi connectivity index (χ0n) is 21.1. The van der Waals surface area contributed by atoms with E-state index in [1.54, 1.807) is 14.0 Å². The molecule has 12 heteroatoms. The molecular weight excluding hydrogens is 464 g/mol. The van der Waals surface area contributed by atoms with Gasteiger partial charge in [0.05, 0.1) is 46.2 Å². The Labute approximate surface area is 207 Å². The second kappa shape index (κ2) is 25.1. The number of carbonyl (C=O) groups excluding carboxylic acids is 4. The van der Waals surface area contributed by atoms with Crippen LogP contribution in [0.4, 0.5) is 0 Å². The molecule has 0 saturated carbocycles. The summed E-state index contributed by atoms with van der Waals surface area (Å²) >= 11 is 0. The molecule has 0 bridgehead atoms. The smallest absolute Gasteiger partial charge is 0.246 e. The van der Waals surface area contributed by atoms with Crippen molar-refractivity contribution in [2.24, 2.45) is 0 Å². The number of hydrogen-bond donors (Lipinski definition) is 2. The molecule has 2 amide bonds. The number of carbonyl (C=O) groups is 4. The lowest BCUT2D eigenvalue weighted by molar-refractivity contribution is -0.127. The fourth-order valence-electron chi connectivity index (χ4n) is 2.43. The van der Waals surface area contributed by atoms with Crippen molar-refractivity contribution in [2.45, 2.75) is 32.6 Å². The van der Waals surface area contributed by atoms with Gasteiger partial charge in [0, 0.05) is 39.6 Å². The fraction of sp³-hybridized carbons (Fsp3) is 0.826. The molecule has 0 aliphatic carbocycles. The average molecular weight is 507 g/mol. The number of Topliss-reactive ketones (excluding diaryl/α,β-unsaturated/α-hetero) is 2. The van der Waals surface area contributed by atoms with Crippen molar-refractivity contribution >= 4 is 23.4 Å². The van der Waals surface area contributed by atoms with Gasteiger partial charge in [-0.1, -0.05) is 0 Å². The van der Waals surface area contributed by atoms with E-state index in [2.05, 4.69) is 10.6 Å². The average Bonchev–Trinajstić information content (AvgIpc) is 2.83. The summed E-state index contributed by atoms with van der Waals surface area (Å²) < 4.78 is 31.5. The third-order valence-electron chi connectivity index (χ3n) is 4.25. The summed E-state index contributed by atoms with van der Waals surface area (Å²) in [6, 6.07) is 0. The molecule has 0 rings (SSSR count). The molecule has 0 aliphatic heterocycles. The molecule has 0 fully saturated rings. The van der Waals surface area contributed by atoms with E-state index in [0.717, 1.165) is 0 Å². The number of hydrogen-bond acceptors (Lipinski definition) is 10. The predicted molar refractivity (Wildman–Crippen MR) is 126 cm³/mol. The minimum atomic E-state index is -0.243. The highest BCUT2D eigenvalue weighted by atomic mass is 16.5. The van der Waals surface area contributed by atoms with Gasteiger partial charge in [0.2, 0.25) is 11.8 Å². The zero-order valence-corrected chi connectivity index (χ0v) is 21.1. The SMILES string of the molecule is CNC(=O)COCCOCCCC(=O)COCCOCCNC(=O)COCCOCCCC(C)=O. The molecule has 0 aromatic carbocycles. The van der Waals surface area contributed by atoms with Gasteiger partial charge in [-0.2, -0.15) is 0 Å². The Morgan fingerprint density at radius 1 is 0.571 bits per heavy atom. The van der Waals surface area contributed by atoms with Crippen LogP contribution < -0.4 is 10.6 Å². The van der Waals surface area contributed by atoms with E-state index in [1.807, 2.05) is 0 Å². The second-order valence-electron chi connectivity index (χ2n) is 7.47. The maximum atomic E-state index is 11.7. The number of likely N-dealkylation sites (N-methyl/N-ethyl adjacent to an activating group) is 1. The minimum absolute atomic E-state index is 0.00520. The molecule has 0 saturated heterocycles. The lowest BCUT2D eigenvalue weighted by Gasteiger charge is -2.08. The summed E-state index contributed by atoms with van der Waals surface area (Å²) in [5.41, 5.74) is 0. The molecule has 0 aromatic rings. The minimum Gasteiger partial charge on any atom is -0.379 e. The molecule has 0 heterocycles. The van der Waals surface area contributed by atoms with Crippen LogP contribution >= 0.6 is 0 Å². The van der Waals surface area contributed by atoms with Crippen LogP contribution in [0.2, 0.25) is 0 Å². The first kappa shape index (κ1) is 33.0. The third-order valence-corrected chi connectivity index (χ3v) is 4.25. The zero-order chi connectivity index (χ0) is 26.0. The van der Waals surface area contributed by atoms with Crippen LogP contribution in [0.25, 0.3) is 0 Å². The van der Waals surface area contributed by atoms with Crippen LogP contribution in [0.5, 0.6) is 0 Å². The van der Waals surface area contributed by atoms with Gasteiger partial charge in [0.15, 0.2) is 5.78 Å². The largest absolute Gasteiger partial charge is 0.379 e. The summed E-state index contributed by atoms with van der Waals surface area (Å²) in [7, 11) is 1.54. The van der Waals surface area contributed by atoms with Gasteiger partial charge in [0.1, 0.15) is 25.6 Å². The number of ether oxygens (including phenoxy) is 6. The normalized spacial score (nSPS) is 10.8. The van der Waals surface area contributed by atoms with E-state index in [0.29, 0.717) is 85.1 Å². The van der Waals surface area contributed by atoms with Crippen molar-refractivity contribution < 1.29 is 47.6 Å². The van der Waals surface area contributed by atoms with Gasteiger partial charge in [0.25, 0.3) is 0 Å². The molecule has 12 nitrogen and oxygen atoms in total.